The molecule has 1 rings (SSSR count). The fourth-order valence-electron chi connectivity index (χ4n) is 1.66. The van der Waals surface area contributed by atoms with Crippen LogP contribution in [0, 0.1) is 0 Å². The highest BCUT2D eigenvalue weighted by Gasteiger charge is 2.18. The summed E-state index contributed by atoms with van der Waals surface area (Å²) in [5.41, 5.74) is 0.767. The number of hydrogen-bond acceptors (Lipinski definition) is 4. The highest BCUT2D eigenvalue weighted by atomic mass is 16.5. The van der Waals surface area contributed by atoms with Gasteiger partial charge < -0.3 is 10.1 Å². The Morgan fingerprint density at radius 3 is 2.55 bits per heavy atom. The Hall–Kier alpha value is -1.88. The maximum absolute atomic E-state index is 12.1. The Bertz CT molecular complexity index is 434. The molecule has 1 unspecified atom stereocenters. The summed E-state index contributed by atoms with van der Waals surface area (Å²) in [5, 5.41) is 2.84. The molecule has 20 heavy (non-hydrogen) atoms. The molecule has 1 atom stereocenters. The first-order valence-corrected chi connectivity index (χ1v) is 6.76. The van der Waals surface area contributed by atoms with Gasteiger partial charge in [0, 0.05) is 12.2 Å². The van der Waals surface area contributed by atoms with Gasteiger partial charge >= 0.3 is 5.97 Å². The summed E-state index contributed by atoms with van der Waals surface area (Å²) in [5.74, 6) is -0.336. The molecule has 0 aliphatic rings. The number of esters is 1. The minimum Gasteiger partial charge on any atom is -0.466 e. The normalized spacial score (nSPS) is 12.0. The Kier molecular flexibility index (Phi) is 6.73. The van der Waals surface area contributed by atoms with E-state index in [4.69, 9.17) is 4.74 Å². The van der Waals surface area contributed by atoms with Gasteiger partial charge in [0.15, 0.2) is 0 Å². The summed E-state index contributed by atoms with van der Waals surface area (Å²) in [6.07, 6.45) is 0.285. The van der Waals surface area contributed by atoms with Crippen LogP contribution < -0.4 is 5.32 Å². The van der Waals surface area contributed by atoms with Gasteiger partial charge in [-0.2, -0.15) is 0 Å². The number of carbonyl (C=O) groups is 2. The summed E-state index contributed by atoms with van der Waals surface area (Å²) in [6, 6.07) is 8.98. The molecule has 0 saturated heterocycles. The number of para-hydroxylation sites is 1. The standard InChI is InChI=1S/C15H22N2O3/c1-4-20-14(18)10-11-17(3)12(2)15(19)16-13-8-6-5-7-9-13/h5-9,12H,4,10-11H2,1-3H3,(H,16,19). The van der Waals surface area contributed by atoms with Gasteiger partial charge in [-0.05, 0) is 33.0 Å². The lowest BCUT2D eigenvalue weighted by Gasteiger charge is -2.23. The molecule has 110 valence electrons. The van der Waals surface area contributed by atoms with Gasteiger partial charge in [0.05, 0.1) is 19.1 Å². The van der Waals surface area contributed by atoms with E-state index in [1.165, 1.54) is 0 Å². The minimum atomic E-state index is -0.315. The zero-order valence-electron chi connectivity index (χ0n) is 12.3. The van der Waals surface area contributed by atoms with E-state index in [1.54, 1.807) is 6.92 Å². The fourth-order valence-corrected chi connectivity index (χ4v) is 1.66. The van der Waals surface area contributed by atoms with Gasteiger partial charge in [0.25, 0.3) is 0 Å². The third-order valence-corrected chi connectivity index (χ3v) is 3.06. The molecular formula is C15H22N2O3. The zero-order chi connectivity index (χ0) is 15.0. The van der Waals surface area contributed by atoms with E-state index >= 15 is 0 Å². The number of amides is 1. The van der Waals surface area contributed by atoms with Crippen molar-refractivity contribution in [1.29, 1.82) is 0 Å². The van der Waals surface area contributed by atoms with Crippen molar-refractivity contribution in [2.24, 2.45) is 0 Å². The van der Waals surface area contributed by atoms with E-state index in [0.717, 1.165) is 5.69 Å². The highest BCUT2D eigenvalue weighted by molar-refractivity contribution is 5.94. The topological polar surface area (TPSA) is 58.6 Å². The lowest BCUT2D eigenvalue weighted by molar-refractivity contribution is -0.143. The van der Waals surface area contributed by atoms with E-state index < -0.39 is 0 Å². The Morgan fingerprint density at radius 2 is 1.95 bits per heavy atom. The monoisotopic (exact) mass is 278 g/mol. The van der Waals surface area contributed by atoms with Gasteiger partial charge in [0.1, 0.15) is 0 Å². The lowest BCUT2D eigenvalue weighted by atomic mass is 10.2. The van der Waals surface area contributed by atoms with Gasteiger partial charge in [-0.15, -0.1) is 0 Å². The van der Waals surface area contributed by atoms with Crippen LogP contribution in [0.2, 0.25) is 0 Å². The van der Waals surface area contributed by atoms with Crippen LogP contribution >= 0.6 is 0 Å². The summed E-state index contributed by atoms with van der Waals surface area (Å²) in [6.45, 7) is 4.45. The Labute approximate surface area is 119 Å². The number of hydrogen-bond donors (Lipinski definition) is 1. The fraction of sp³-hybridized carbons (Fsp3) is 0.467. The van der Waals surface area contributed by atoms with Crippen molar-refractivity contribution in [2.75, 3.05) is 25.5 Å². The first-order chi connectivity index (χ1) is 9.54. The van der Waals surface area contributed by atoms with E-state index in [1.807, 2.05) is 49.2 Å². The third kappa shape index (κ3) is 5.40. The molecule has 1 amide bonds. The second kappa shape index (κ2) is 8.32. The first kappa shape index (κ1) is 16.2. The smallest absolute Gasteiger partial charge is 0.307 e. The summed E-state index contributed by atoms with van der Waals surface area (Å²) >= 11 is 0. The van der Waals surface area contributed by atoms with E-state index in [-0.39, 0.29) is 24.3 Å². The van der Waals surface area contributed by atoms with Crippen LogP contribution in [-0.2, 0) is 14.3 Å². The number of anilines is 1. The molecule has 1 N–H and O–H groups in total. The maximum Gasteiger partial charge on any atom is 0.307 e. The molecule has 0 aliphatic carbocycles. The second-order valence-electron chi connectivity index (χ2n) is 4.57. The molecule has 0 spiro atoms. The number of nitrogens with zero attached hydrogens (tertiary/aromatic N) is 1. The highest BCUT2D eigenvalue weighted by Crippen LogP contribution is 2.07. The summed E-state index contributed by atoms with van der Waals surface area (Å²) in [7, 11) is 1.81. The first-order valence-electron chi connectivity index (χ1n) is 6.76. The number of carbonyl (C=O) groups excluding carboxylic acids is 2. The van der Waals surface area contributed by atoms with E-state index in [0.29, 0.717) is 13.2 Å². The zero-order valence-corrected chi connectivity index (χ0v) is 12.3. The molecule has 5 heteroatoms. The minimum absolute atomic E-state index is 0.0949. The molecule has 0 saturated carbocycles. The van der Waals surface area contributed by atoms with Crippen molar-refractivity contribution < 1.29 is 14.3 Å². The molecule has 0 heterocycles. The molecule has 1 aromatic rings. The lowest BCUT2D eigenvalue weighted by Crippen LogP contribution is -2.40. The molecule has 0 bridgehead atoms. The van der Waals surface area contributed by atoms with Crippen LogP contribution in [0.25, 0.3) is 0 Å². The van der Waals surface area contributed by atoms with Gasteiger partial charge in [-0.1, -0.05) is 18.2 Å². The van der Waals surface area contributed by atoms with Gasteiger partial charge in [-0.3, -0.25) is 14.5 Å². The molecule has 0 aromatic heterocycles. The van der Waals surface area contributed by atoms with Crippen molar-refractivity contribution in [2.45, 2.75) is 26.3 Å². The Morgan fingerprint density at radius 1 is 1.30 bits per heavy atom. The summed E-state index contributed by atoms with van der Waals surface area (Å²) in [4.78, 5) is 25.2. The number of benzene rings is 1. The van der Waals surface area contributed by atoms with E-state index in [9.17, 15) is 9.59 Å². The van der Waals surface area contributed by atoms with Crippen LogP contribution in [0.15, 0.2) is 30.3 Å². The number of ether oxygens (including phenoxy) is 1. The van der Waals surface area contributed by atoms with Crippen LogP contribution in [-0.4, -0.2) is 43.0 Å². The van der Waals surface area contributed by atoms with Gasteiger partial charge in [-0.25, -0.2) is 0 Å². The predicted molar refractivity (Wildman–Crippen MR) is 78.4 cm³/mol. The largest absolute Gasteiger partial charge is 0.466 e. The van der Waals surface area contributed by atoms with Gasteiger partial charge in [0.2, 0.25) is 5.91 Å². The van der Waals surface area contributed by atoms with Crippen LogP contribution in [0.4, 0.5) is 5.69 Å². The quantitative estimate of drug-likeness (QED) is 0.774. The van der Waals surface area contributed by atoms with Crippen LogP contribution in [0.5, 0.6) is 0 Å². The van der Waals surface area contributed by atoms with Crippen molar-refractivity contribution in [1.82, 2.24) is 4.90 Å². The molecule has 0 fully saturated rings. The van der Waals surface area contributed by atoms with Crippen molar-refractivity contribution in [3.63, 3.8) is 0 Å². The molecule has 5 nitrogen and oxygen atoms in total. The number of rotatable bonds is 7. The van der Waals surface area contributed by atoms with Crippen molar-refractivity contribution in [3.05, 3.63) is 30.3 Å². The van der Waals surface area contributed by atoms with E-state index in [2.05, 4.69) is 5.32 Å². The Balaban J connectivity index is 2.41. The van der Waals surface area contributed by atoms with Crippen LogP contribution in [0.1, 0.15) is 20.3 Å². The average molecular weight is 278 g/mol. The van der Waals surface area contributed by atoms with Crippen molar-refractivity contribution >= 4 is 17.6 Å². The SMILES string of the molecule is CCOC(=O)CCN(C)C(C)C(=O)Nc1ccccc1. The predicted octanol–water partition coefficient (Wildman–Crippen LogP) is 1.90. The molecular weight excluding hydrogens is 256 g/mol. The number of nitrogens with one attached hydrogen (secondary N) is 1. The van der Waals surface area contributed by atoms with Crippen LogP contribution in [0.3, 0.4) is 0 Å². The van der Waals surface area contributed by atoms with Crippen molar-refractivity contribution in [3.8, 4) is 0 Å². The molecule has 0 aliphatic heterocycles. The molecule has 0 radical (unpaired) electrons. The second-order valence-corrected chi connectivity index (χ2v) is 4.57. The average Bonchev–Trinajstić information content (AvgIpc) is 2.45. The summed E-state index contributed by atoms with van der Waals surface area (Å²) < 4.78 is 4.86. The third-order valence-electron chi connectivity index (χ3n) is 3.06. The number of likely N-dealkylation sites (N-methyl/N-ethyl adjacent to an activating group) is 1. The molecule has 1 aromatic carbocycles. The maximum atomic E-state index is 12.1.